The molecule has 2 aromatic rings. The number of carbonyl (C=O) groups excluding carboxylic acids is 1. The van der Waals surface area contributed by atoms with Crippen molar-refractivity contribution >= 4 is 11.7 Å². The minimum atomic E-state index is -0.830. The van der Waals surface area contributed by atoms with E-state index in [1.807, 2.05) is 29.1 Å². The molecule has 0 unspecified atom stereocenters. The second kappa shape index (κ2) is 6.42. The first kappa shape index (κ1) is 15.6. The summed E-state index contributed by atoms with van der Waals surface area (Å²) in [7, 11) is 0. The van der Waals surface area contributed by atoms with Crippen LogP contribution in [0.5, 0.6) is 0 Å². The molecule has 1 fully saturated rings. The fraction of sp³-hybridized carbons (Fsp3) is 0.353. The summed E-state index contributed by atoms with van der Waals surface area (Å²) in [6.45, 7) is 0.178. The van der Waals surface area contributed by atoms with Crippen molar-refractivity contribution < 1.29 is 14.3 Å². The third-order valence-corrected chi connectivity index (χ3v) is 4.21. The summed E-state index contributed by atoms with van der Waals surface area (Å²) in [6.07, 6.45) is 6.98. The lowest BCUT2D eigenvalue weighted by atomic mass is 10.0. The minimum absolute atomic E-state index is 0.104. The zero-order valence-electron chi connectivity index (χ0n) is 12.8. The van der Waals surface area contributed by atoms with E-state index in [0.717, 1.165) is 18.5 Å². The van der Waals surface area contributed by atoms with Gasteiger partial charge in [-0.05, 0) is 43.2 Å². The Morgan fingerprint density at radius 2 is 1.96 bits per heavy atom. The van der Waals surface area contributed by atoms with Crippen molar-refractivity contribution in [1.29, 1.82) is 0 Å². The number of anilines is 1. The number of urea groups is 1. The van der Waals surface area contributed by atoms with Gasteiger partial charge in [-0.1, -0.05) is 12.8 Å². The van der Waals surface area contributed by atoms with Crippen LogP contribution in [-0.2, 0) is 0 Å². The van der Waals surface area contributed by atoms with Crippen molar-refractivity contribution in [2.24, 2.45) is 0 Å². The highest BCUT2D eigenvalue weighted by molar-refractivity contribution is 5.89. The van der Waals surface area contributed by atoms with Crippen LogP contribution in [0.25, 0.3) is 5.69 Å². The lowest BCUT2D eigenvalue weighted by molar-refractivity contribution is 0.0506. The molecular weight excluding hydrogens is 297 g/mol. The molecule has 3 rings (SSSR count). The second-order valence-corrected chi connectivity index (χ2v) is 5.99. The first-order chi connectivity index (χ1) is 11.1. The van der Waals surface area contributed by atoms with Crippen molar-refractivity contribution in [2.75, 3.05) is 11.9 Å². The van der Waals surface area contributed by atoms with Crippen LogP contribution >= 0.6 is 0 Å². The lowest BCUT2D eigenvalue weighted by Crippen LogP contribution is -2.42. The number of hydrogen-bond acceptors (Lipinski definition) is 2. The SMILES string of the molecule is O=C(NCC1(O)CCCC1)Nc1cc(-n2cccc2)ccc1F. The maximum Gasteiger partial charge on any atom is 0.319 e. The van der Waals surface area contributed by atoms with Gasteiger partial charge in [0, 0.05) is 24.6 Å². The summed E-state index contributed by atoms with van der Waals surface area (Å²) in [4.78, 5) is 12.0. The average molecular weight is 317 g/mol. The summed E-state index contributed by atoms with van der Waals surface area (Å²) < 4.78 is 15.7. The number of carbonyl (C=O) groups is 1. The van der Waals surface area contributed by atoms with Gasteiger partial charge in [0.1, 0.15) is 5.82 Å². The van der Waals surface area contributed by atoms with Crippen LogP contribution in [0, 0.1) is 5.82 Å². The molecule has 1 aliphatic rings. The molecule has 1 aliphatic carbocycles. The Hall–Kier alpha value is -2.34. The predicted octanol–water partition coefficient (Wildman–Crippen LogP) is 3.04. The Bertz CT molecular complexity index is 679. The van der Waals surface area contributed by atoms with Crippen LogP contribution in [0.15, 0.2) is 42.7 Å². The van der Waals surface area contributed by atoms with E-state index in [1.165, 1.54) is 6.07 Å². The Labute approximate surface area is 134 Å². The fourth-order valence-electron chi connectivity index (χ4n) is 2.90. The Morgan fingerprint density at radius 1 is 1.26 bits per heavy atom. The Balaban J connectivity index is 1.65. The van der Waals surface area contributed by atoms with Gasteiger partial charge in [-0.15, -0.1) is 0 Å². The lowest BCUT2D eigenvalue weighted by Gasteiger charge is -2.22. The molecule has 122 valence electrons. The number of nitrogens with zero attached hydrogens (tertiary/aromatic N) is 1. The van der Waals surface area contributed by atoms with Crippen LogP contribution in [-0.4, -0.2) is 27.9 Å². The maximum absolute atomic E-state index is 13.9. The molecule has 0 spiro atoms. The summed E-state index contributed by atoms with van der Waals surface area (Å²) in [5, 5.41) is 15.3. The largest absolute Gasteiger partial charge is 0.388 e. The van der Waals surface area contributed by atoms with Crippen LogP contribution in [0.4, 0.5) is 14.9 Å². The summed E-state index contributed by atoms with van der Waals surface area (Å²) >= 11 is 0. The van der Waals surface area contributed by atoms with Crippen molar-refractivity contribution in [1.82, 2.24) is 9.88 Å². The molecule has 3 N–H and O–H groups in total. The third kappa shape index (κ3) is 3.71. The number of halogens is 1. The first-order valence-corrected chi connectivity index (χ1v) is 7.76. The molecule has 5 nitrogen and oxygen atoms in total. The highest BCUT2D eigenvalue weighted by atomic mass is 19.1. The van der Waals surface area contributed by atoms with Gasteiger partial charge >= 0.3 is 6.03 Å². The number of amides is 2. The van der Waals surface area contributed by atoms with Gasteiger partial charge < -0.3 is 20.3 Å². The van der Waals surface area contributed by atoms with Gasteiger partial charge in [0.25, 0.3) is 0 Å². The van der Waals surface area contributed by atoms with E-state index in [1.54, 1.807) is 12.1 Å². The van der Waals surface area contributed by atoms with E-state index in [-0.39, 0.29) is 12.2 Å². The van der Waals surface area contributed by atoms with Crippen LogP contribution in [0.2, 0.25) is 0 Å². The quantitative estimate of drug-likeness (QED) is 0.811. The van der Waals surface area contributed by atoms with Crippen LogP contribution in [0.1, 0.15) is 25.7 Å². The van der Waals surface area contributed by atoms with Gasteiger partial charge in [0.2, 0.25) is 0 Å². The third-order valence-electron chi connectivity index (χ3n) is 4.21. The van der Waals surface area contributed by atoms with Gasteiger partial charge in [0.15, 0.2) is 0 Å². The van der Waals surface area contributed by atoms with E-state index in [0.29, 0.717) is 12.8 Å². The van der Waals surface area contributed by atoms with E-state index >= 15 is 0 Å². The van der Waals surface area contributed by atoms with Crippen molar-refractivity contribution in [3.05, 3.63) is 48.5 Å². The van der Waals surface area contributed by atoms with Crippen molar-refractivity contribution in [2.45, 2.75) is 31.3 Å². The first-order valence-electron chi connectivity index (χ1n) is 7.76. The molecule has 1 saturated carbocycles. The molecule has 0 bridgehead atoms. The smallest absolute Gasteiger partial charge is 0.319 e. The zero-order valence-corrected chi connectivity index (χ0v) is 12.8. The number of nitrogens with one attached hydrogen (secondary N) is 2. The van der Waals surface area contributed by atoms with Gasteiger partial charge in [0.05, 0.1) is 11.3 Å². The highest BCUT2D eigenvalue weighted by Gasteiger charge is 2.31. The standard InChI is InChI=1S/C17H20FN3O2/c18-14-6-5-13(21-9-3-4-10-21)11-15(14)20-16(22)19-12-17(23)7-1-2-8-17/h3-6,9-11,23H,1-2,7-8,12H2,(H2,19,20,22). The zero-order chi connectivity index (χ0) is 16.3. The topological polar surface area (TPSA) is 66.3 Å². The minimum Gasteiger partial charge on any atom is -0.388 e. The summed E-state index contributed by atoms with van der Waals surface area (Å²) in [5.41, 5.74) is 0.0244. The molecule has 1 heterocycles. The summed E-state index contributed by atoms with van der Waals surface area (Å²) in [6, 6.07) is 7.74. The molecule has 1 aromatic carbocycles. The number of benzene rings is 1. The fourth-order valence-corrected chi connectivity index (χ4v) is 2.90. The average Bonchev–Trinajstić information content (AvgIpc) is 3.20. The number of rotatable bonds is 4. The maximum atomic E-state index is 13.9. The Kier molecular flexibility index (Phi) is 4.34. The van der Waals surface area contributed by atoms with Gasteiger partial charge in [-0.2, -0.15) is 0 Å². The van der Waals surface area contributed by atoms with Crippen LogP contribution < -0.4 is 10.6 Å². The van der Waals surface area contributed by atoms with E-state index in [4.69, 9.17) is 0 Å². The molecule has 23 heavy (non-hydrogen) atoms. The molecule has 0 saturated heterocycles. The van der Waals surface area contributed by atoms with Gasteiger partial charge in [-0.3, -0.25) is 0 Å². The van der Waals surface area contributed by atoms with E-state index in [2.05, 4.69) is 10.6 Å². The van der Waals surface area contributed by atoms with Crippen molar-refractivity contribution in [3.8, 4) is 5.69 Å². The number of aliphatic hydroxyl groups is 1. The normalized spacial score (nSPS) is 16.3. The summed E-state index contributed by atoms with van der Waals surface area (Å²) in [5.74, 6) is -0.504. The molecule has 6 heteroatoms. The molecule has 0 radical (unpaired) electrons. The van der Waals surface area contributed by atoms with E-state index in [9.17, 15) is 14.3 Å². The van der Waals surface area contributed by atoms with E-state index < -0.39 is 17.4 Å². The number of aromatic nitrogens is 1. The molecule has 1 aromatic heterocycles. The monoisotopic (exact) mass is 317 g/mol. The molecule has 2 amide bonds. The second-order valence-electron chi connectivity index (χ2n) is 5.99. The molecular formula is C17H20FN3O2. The Morgan fingerprint density at radius 3 is 2.65 bits per heavy atom. The molecule has 0 aliphatic heterocycles. The predicted molar refractivity (Wildman–Crippen MR) is 86.2 cm³/mol. The van der Waals surface area contributed by atoms with Gasteiger partial charge in [-0.25, -0.2) is 9.18 Å². The molecule has 0 atom stereocenters. The number of hydrogen-bond donors (Lipinski definition) is 3. The highest BCUT2D eigenvalue weighted by Crippen LogP contribution is 2.28. The van der Waals surface area contributed by atoms with Crippen molar-refractivity contribution in [3.63, 3.8) is 0 Å². The van der Waals surface area contributed by atoms with Crippen LogP contribution in [0.3, 0.4) is 0 Å².